The van der Waals surface area contributed by atoms with Crippen molar-refractivity contribution in [2.75, 3.05) is 25.6 Å². The van der Waals surface area contributed by atoms with Crippen molar-refractivity contribution in [2.45, 2.75) is 24.7 Å². The van der Waals surface area contributed by atoms with E-state index in [1.54, 1.807) is 24.4 Å². The number of carbonyl (C=O) groups is 1. The first-order chi connectivity index (χ1) is 14.8. The van der Waals surface area contributed by atoms with Crippen LogP contribution in [0.25, 0.3) is 11.4 Å². The molecule has 11 heteroatoms. The molecule has 0 saturated heterocycles. The number of aldehydes is 1. The molecule has 3 aromatic rings. The summed E-state index contributed by atoms with van der Waals surface area (Å²) < 4.78 is 31.8. The molecule has 0 atom stereocenters. The third-order valence-corrected chi connectivity index (χ3v) is 5.82. The van der Waals surface area contributed by atoms with Gasteiger partial charge in [-0.1, -0.05) is 13.8 Å². The Hall–Kier alpha value is -3.15. The third-order valence-electron chi connectivity index (χ3n) is 4.34. The molecule has 10 nitrogen and oxygen atoms in total. The molecule has 0 aliphatic rings. The number of nitrogens with zero attached hydrogens (tertiary/aromatic N) is 3. The molecule has 31 heavy (non-hydrogen) atoms. The van der Waals surface area contributed by atoms with E-state index in [1.807, 2.05) is 13.8 Å². The van der Waals surface area contributed by atoms with Gasteiger partial charge in [0.05, 0.1) is 28.6 Å². The van der Waals surface area contributed by atoms with Crippen molar-refractivity contribution < 1.29 is 17.9 Å². The third kappa shape index (κ3) is 5.51. The van der Waals surface area contributed by atoms with Crippen LogP contribution >= 0.6 is 0 Å². The largest absolute Gasteiger partial charge is 0.383 e. The van der Waals surface area contributed by atoms with Crippen molar-refractivity contribution >= 4 is 27.9 Å². The van der Waals surface area contributed by atoms with Gasteiger partial charge in [0.15, 0.2) is 12.1 Å². The average molecular weight is 445 g/mol. The quantitative estimate of drug-likeness (QED) is 0.320. The predicted octanol–water partition coefficient (Wildman–Crippen LogP) is 2.47. The molecule has 3 rings (SSSR count). The van der Waals surface area contributed by atoms with Gasteiger partial charge < -0.3 is 15.0 Å². The van der Waals surface area contributed by atoms with E-state index < -0.39 is 10.0 Å². The topological polar surface area (TPSA) is 139 Å². The van der Waals surface area contributed by atoms with Crippen LogP contribution in [0.1, 0.15) is 36.1 Å². The van der Waals surface area contributed by atoms with Gasteiger partial charge in [-0.3, -0.25) is 4.79 Å². The van der Waals surface area contributed by atoms with Gasteiger partial charge in [-0.2, -0.15) is 0 Å². The number of imidazole rings is 1. The number of hydrogen-bond donors (Lipinski definition) is 3. The van der Waals surface area contributed by atoms with Gasteiger partial charge in [0.25, 0.3) is 0 Å². The molecule has 2 aromatic heterocycles. The van der Waals surface area contributed by atoms with Gasteiger partial charge in [0, 0.05) is 25.5 Å². The lowest BCUT2D eigenvalue weighted by Crippen LogP contribution is -2.27. The Bertz CT molecular complexity index is 1140. The maximum Gasteiger partial charge on any atom is 0.240 e. The Morgan fingerprint density at radius 3 is 2.55 bits per heavy atom. The Kier molecular flexibility index (Phi) is 7.10. The number of carbonyl (C=O) groups excluding carboxylic acids is 1. The van der Waals surface area contributed by atoms with Crippen LogP contribution in [0.15, 0.2) is 41.4 Å². The van der Waals surface area contributed by atoms with Crippen molar-refractivity contribution in [3.63, 3.8) is 0 Å². The van der Waals surface area contributed by atoms with Crippen molar-refractivity contribution in [1.82, 2.24) is 24.7 Å². The molecule has 0 aliphatic carbocycles. The number of ether oxygens (including phenoxy) is 1. The lowest BCUT2D eigenvalue weighted by Gasteiger charge is -2.09. The van der Waals surface area contributed by atoms with E-state index in [0.29, 0.717) is 29.3 Å². The van der Waals surface area contributed by atoms with Gasteiger partial charge in [0.1, 0.15) is 0 Å². The van der Waals surface area contributed by atoms with Crippen LogP contribution in [0.4, 0.5) is 11.6 Å². The normalized spacial score (nSPS) is 11.6. The summed E-state index contributed by atoms with van der Waals surface area (Å²) in [4.78, 5) is 27.3. The Labute approximate surface area is 180 Å². The zero-order valence-electron chi connectivity index (χ0n) is 17.4. The summed E-state index contributed by atoms with van der Waals surface area (Å²) in [7, 11) is -2.10. The highest BCUT2D eigenvalue weighted by molar-refractivity contribution is 7.89. The molecule has 0 aliphatic heterocycles. The van der Waals surface area contributed by atoms with Gasteiger partial charge in [-0.15, -0.1) is 0 Å². The van der Waals surface area contributed by atoms with E-state index in [4.69, 9.17) is 4.74 Å². The maximum atomic E-state index is 12.2. The molecular formula is C20H24N6O4S. The van der Waals surface area contributed by atoms with E-state index in [9.17, 15) is 13.2 Å². The molecule has 1 aromatic carbocycles. The fourth-order valence-corrected chi connectivity index (χ4v) is 3.85. The summed E-state index contributed by atoms with van der Waals surface area (Å²) in [6, 6.07) is 7.95. The summed E-state index contributed by atoms with van der Waals surface area (Å²) in [5.74, 6) is 0.657. The minimum atomic E-state index is -3.61. The first-order valence-corrected chi connectivity index (χ1v) is 11.1. The highest BCUT2D eigenvalue weighted by Crippen LogP contribution is 2.26. The van der Waals surface area contributed by atoms with Crippen LogP contribution in [0, 0.1) is 0 Å². The summed E-state index contributed by atoms with van der Waals surface area (Å²) >= 11 is 0. The van der Waals surface area contributed by atoms with Crippen LogP contribution in [0.3, 0.4) is 0 Å². The number of anilines is 2. The maximum absolute atomic E-state index is 12.2. The zero-order chi connectivity index (χ0) is 22.4. The average Bonchev–Trinajstić information content (AvgIpc) is 3.20. The molecule has 0 fully saturated rings. The molecule has 0 unspecified atom stereocenters. The highest BCUT2D eigenvalue weighted by Gasteiger charge is 2.17. The molecule has 2 heterocycles. The predicted molar refractivity (Wildman–Crippen MR) is 116 cm³/mol. The standard InChI is InChI=1S/C20H24N6O4S/c1-13(2)18-19(26-17(12-27)25-18)16-8-9-21-20(24-16)23-14-4-6-15(7-5-14)31(28,29)22-10-11-30-3/h4-9,12-13,22H,10-11H2,1-3H3,(H,25,26)(H,21,23,24). The first kappa shape index (κ1) is 22.5. The monoisotopic (exact) mass is 444 g/mol. The number of rotatable bonds is 10. The summed E-state index contributed by atoms with van der Waals surface area (Å²) in [5, 5.41) is 3.05. The number of aromatic nitrogens is 4. The van der Waals surface area contributed by atoms with Crippen molar-refractivity contribution in [3.05, 3.63) is 48.0 Å². The van der Waals surface area contributed by atoms with Crippen molar-refractivity contribution in [1.29, 1.82) is 0 Å². The van der Waals surface area contributed by atoms with Gasteiger partial charge in [-0.05, 0) is 36.2 Å². The van der Waals surface area contributed by atoms with E-state index in [-0.39, 0.29) is 29.8 Å². The Morgan fingerprint density at radius 1 is 1.16 bits per heavy atom. The fraction of sp³-hybridized carbons (Fsp3) is 0.300. The number of sulfonamides is 1. The Balaban J connectivity index is 1.79. The molecule has 0 bridgehead atoms. The smallest absolute Gasteiger partial charge is 0.240 e. The van der Waals surface area contributed by atoms with E-state index in [2.05, 4.69) is 30.0 Å². The molecule has 3 N–H and O–H groups in total. The van der Waals surface area contributed by atoms with Crippen LogP contribution < -0.4 is 10.0 Å². The minimum absolute atomic E-state index is 0.0957. The number of aromatic amines is 1. The van der Waals surface area contributed by atoms with Crippen LogP contribution in [0.5, 0.6) is 0 Å². The lowest BCUT2D eigenvalue weighted by molar-refractivity contribution is 0.111. The molecule has 0 spiro atoms. The number of benzene rings is 1. The number of H-pyrrole nitrogens is 1. The summed E-state index contributed by atoms with van der Waals surface area (Å²) in [6.45, 7) is 4.44. The van der Waals surface area contributed by atoms with Crippen molar-refractivity contribution in [2.24, 2.45) is 0 Å². The second-order valence-electron chi connectivity index (χ2n) is 6.96. The second-order valence-corrected chi connectivity index (χ2v) is 8.73. The lowest BCUT2D eigenvalue weighted by atomic mass is 10.1. The van der Waals surface area contributed by atoms with Gasteiger partial charge >= 0.3 is 0 Å². The van der Waals surface area contributed by atoms with Crippen molar-refractivity contribution in [3.8, 4) is 11.4 Å². The van der Waals surface area contributed by atoms with Crippen LogP contribution in [-0.4, -0.2) is 54.9 Å². The van der Waals surface area contributed by atoms with E-state index in [1.165, 1.54) is 19.2 Å². The number of nitrogens with one attached hydrogen (secondary N) is 3. The van der Waals surface area contributed by atoms with Gasteiger partial charge in [-0.25, -0.2) is 28.1 Å². The zero-order valence-corrected chi connectivity index (χ0v) is 18.2. The van der Waals surface area contributed by atoms with E-state index >= 15 is 0 Å². The number of hydrogen-bond acceptors (Lipinski definition) is 8. The Morgan fingerprint density at radius 2 is 1.90 bits per heavy atom. The molecule has 0 radical (unpaired) electrons. The van der Waals surface area contributed by atoms with E-state index in [0.717, 1.165) is 5.69 Å². The fourth-order valence-electron chi connectivity index (χ4n) is 2.84. The summed E-state index contributed by atoms with van der Waals surface area (Å²) in [6.07, 6.45) is 2.25. The molecular weight excluding hydrogens is 420 g/mol. The molecule has 0 saturated carbocycles. The molecule has 164 valence electrons. The minimum Gasteiger partial charge on any atom is -0.383 e. The second kappa shape index (κ2) is 9.77. The van der Waals surface area contributed by atoms with Crippen LogP contribution in [0.2, 0.25) is 0 Å². The van der Waals surface area contributed by atoms with Crippen LogP contribution in [-0.2, 0) is 14.8 Å². The van der Waals surface area contributed by atoms with Gasteiger partial charge in [0.2, 0.25) is 16.0 Å². The molecule has 0 amide bonds. The first-order valence-electron chi connectivity index (χ1n) is 9.58. The summed E-state index contributed by atoms with van der Waals surface area (Å²) in [5.41, 5.74) is 2.60. The number of methoxy groups -OCH3 is 1. The SMILES string of the molecule is COCCNS(=O)(=O)c1ccc(Nc2nccc(-c3[nH]c(C=O)nc3C(C)C)n2)cc1. The highest BCUT2D eigenvalue weighted by atomic mass is 32.2.